The Bertz CT molecular complexity index is 334. The fourth-order valence-electron chi connectivity index (χ4n) is 1.96. The highest BCUT2D eigenvalue weighted by Gasteiger charge is 2.14. The van der Waals surface area contributed by atoms with E-state index in [2.05, 4.69) is 45.9 Å². The van der Waals surface area contributed by atoms with Gasteiger partial charge in [-0.1, -0.05) is 45.9 Å². The molecule has 1 rings (SSSR count). The van der Waals surface area contributed by atoms with Crippen molar-refractivity contribution < 1.29 is 0 Å². The Morgan fingerprint density at radius 3 is 2.31 bits per heavy atom. The van der Waals surface area contributed by atoms with E-state index in [0.717, 1.165) is 25.8 Å². The molecule has 1 aromatic carbocycles. The molecule has 0 saturated carbocycles. The Morgan fingerprint density at radius 1 is 1.12 bits per heavy atom. The molecule has 0 spiro atoms. The zero-order valence-corrected chi connectivity index (χ0v) is 11.1. The summed E-state index contributed by atoms with van der Waals surface area (Å²) in [5.74, 6) is 0. The van der Waals surface area contributed by atoms with Crippen molar-refractivity contribution >= 4 is 0 Å². The standard InChI is InChI=1S/C15H25N/c1-5-12-8-9-14(15(2,3)4)11-13(12)7-6-10-16/h8-9,11H,5-7,10,16H2,1-4H3. The first-order valence-electron chi connectivity index (χ1n) is 6.31. The molecule has 1 aromatic rings. The monoisotopic (exact) mass is 219 g/mol. The van der Waals surface area contributed by atoms with Gasteiger partial charge in [-0.15, -0.1) is 0 Å². The first-order chi connectivity index (χ1) is 7.49. The normalized spacial score (nSPS) is 11.8. The van der Waals surface area contributed by atoms with Crippen molar-refractivity contribution in [2.45, 2.75) is 52.4 Å². The van der Waals surface area contributed by atoms with E-state index in [1.54, 1.807) is 0 Å². The summed E-state index contributed by atoms with van der Waals surface area (Å²) < 4.78 is 0. The number of benzene rings is 1. The molecule has 0 aliphatic heterocycles. The van der Waals surface area contributed by atoms with Crippen LogP contribution in [-0.4, -0.2) is 6.54 Å². The van der Waals surface area contributed by atoms with E-state index in [4.69, 9.17) is 5.73 Å². The fourth-order valence-corrected chi connectivity index (χ4v) is 1.96. The van der Waals surface area contributed by atoms with Crippen molar-refractivity contribution in [3.05, 3.63) is 34.9 Å². The van der Waals surface area contributed by atoms with Gasteiger partial charge in [0.05, 0.1) is 0 Å². The van der Waals surface area contributed by atoms with Crippen molar-refractivity contribution in [3.8, 4) is 0 Å². The van der Waals surface area contributed by atoms with Gasteiger partial charge >= 0.3 is 0 Å². The lowest BCUT2D eigenvalue weighted by molar-refractivity contribution is 0.588. The second kappa shape index (κ2) is 5.49. The minimum absolute atomic E-state index is 0.240. The van der Waals surface area contributed by atoms with Crippen LogP contribution in [0.25, 0.3) is 0 Å². The number of nitrogens with two attached hydrogens (primary N) is 1. The van der Waals surface area contributed by atoms with Crippen molar-refractivity contribution in [2.75, 3.05) is 6.54 Å². The van der Waals surface area contributed by atoms with Gasteiger partial charge < -0.3 is 5.73 Å². The zero-order valence-electron chi connectivity index (χ0n) is 11.1. The van der Waals surface area contributed by atoms with Crippen LogP contribution in [0.15, 0.2) is 18.2 Å². The first kappa shape index (κ1) is 13.2. The molecule has 2 N–H and O–H groups in total. The zero-order chi connectivity index (χ0) is 12.2. The molecule has 0 amide bonds. The molecule has 0 bridgehead atoms. The maximum atomic E-state index is 5.59. The molecule has 0 heterocycles. The molecule has 1 nitrogen and oxygen atoms in total. The number of hydrogen-bond donors (Lipinski definition) is 1. The summed E-state index contributed by atoms with van der Waals surface area (Å²) in [5, 5.41) is 0. The van der Waals surface area contributed by atoms with Gasteiger partial charge in [0.2, 0.25) is 0 Å². The molecule has 0 aliphatic carbocycles. The third-order valence-electron chi connectivity index (χ3n) is 3.10. The van der Waals surface area contributed by atoms with Crippen LogP contribution in [0.2, 0.25) is 0 Å². The first-order valence-corrected chi connectivity index (χ1v) is 6.31. The Labute approximate surface area is 100 Å². The molecule has 0 atom stereocenters. The number of aryl methyl sites for hydroxylation is 2. The molecule has 0 aliphatic rings. The van der Waals surface area contributed by atoms with E-state index in [-0.39, 0.29) is 5.41 Å². The van der Waals surface area contributed by atoms with Crippen molar-refractivity contribution in [3.63, 3.8) is 0 Å². The minimum Gasteiger partial charge on any atom is -0.330 e. The maximum absolute atomic E-state index is 5.59. The van der Waals surface area contributed by atoms with E-state index >= 15 is 0 Å². The topological polar surface area (TPSA) is 26.0 Å². The summed E-state index contributed by atoms with van der Waals surface area (Å²) in [7, 11) is 0. The Balaban J connectivity index is 3.01. The summed E-state index contributed by atoms with van der Waals surface area (Å²) in [6.07, 6.45) is 3.31. The molecule has 0 fully saturated rings. The van der Waals surface area contributed by atoms with Gasteiger partial charge in [-0.25, -0.2) is 0 Å². The third kappa shape index (κ3) is 3.34. The molecular formula is C15H25N. The van der Waals surface area contributed by atoms with E-state index in [0.29, 0.717) is 0 Å². The number of rotatable bonds is 4. The smallest absolute Gasteiger partial charge is 0.00741 e. The second-order valence-electron chi connectivity index (χ2n) is 5.48. The highest BCUT2D eigenvalue weighted by atomic mass is 14.5. The summed E-state index contributed by atoms with van der Waals surface area (Å²) >= 11 is 0. The molecule has 16 heavy (non-hydrogen) atoms. The van der Waals surface area contributed by atoms with Crippen molar-refractivity contribution in [1.82, 2.24) is 0 Å². The quantitative estimate of drug-likeness (QED) is 0.825. The van der Waals surface area contributed by atoms with Gasteiger partial charge in [-0.3, -0.25) is 0 Å². The Morgan fingerprint density at radius 2 is 1.81 bits per heavy atom. The molecule has 0 saturated heterocycles. The summed E-state index contributed by atoms with van der Waals surface area (Å²) in [6, 6.07) is 6.92. The highest BCUT2D eigenvalue weighted by molar-refractivity contribution is 5.35. The van der Waals surface area contributed by atoms with E-state index in [1.807, 2.05) is 0 Å². The van der Waals surface area contributed by atoms with Crippen LogP contribution < -0.4 is 5.73 Å². The van der Waals surface area contributed by atoms with Crippen LogP contribution in [0, 0.1) is 0 Å². The van der Waals surface area contributed by atoms with Gasteiger partial charge in [-0.2, -0.15) is 0 Å². The van der Waals surface area contributed by atoms with Crippen LogP contribution >= 0.6 is 0 Å². The van der Waals surface area contributed by atoms with E-state index < -0.39 is 0 Å². The maximum Gasteiger partial charge on any atom is -0.00741 e. The van der Waals surface area contributed by atoms with Crippen molar-refractivity contribution in [1.29, 1.82) is 0 Å². The van der Waals surface area contributed by atoms with Gasteiger partial charge in [0.1, 0.15) is 0 Å². The minimum atomic E-state index is 0.240. The molecule has 90 valence electrons. The predicted octanol–water partition coefficient (Wildman–Crippen LogP) is 3.44. The summed E-state index contributed by atoms with van der Waals surface area (Å²) in [6.45, 7) is 9.79. The van der Waals surface area contributed by atoms with Crippen LogP contribution in [-0.2, 0) is 18.3 Å². The molecule has 0 radical (unpaired) electrons. The number of hydrogen-bond acceptors (Lipinski definition) is 1. The molecular weight excluding hydrogens is 194 g/mol. The van der Waals surface area contributed by atoms with Crippen LogP contribution in [0.5, 0.6) is 0 Å². The Hall–Kier alpha value is -0.820. The highest BCUT2D eigenvalue weighted by Crippen LogP contribution is 2.25. The van der Waals surface area contributed by atoms with Gasteiger partial charge in [0.15, 0.2) is 0 Å². The van der Waals surface area contributed by atoms with E-state index in [1.165, 1.54) is 16.7 Å². The fraction of sp³-hybridized carbons (Fsp3) is 0.600. The van der Waals surface area contributed by atoms with Gasteiger partial charge in [0, 0.05) is 0 Å². The SMILES string of the molecule is CCc1ccc(C(C)(C)C)cc1CCCN. The van der Waals surface area contributed by atoms with Gasteiger partial charge in [-0.05, 0) is 47.9 Å². The predicted molar refractivity (Wildman–Crippen MR) is 71.9 cm³/mol. The molecule has 0 unspecified atom stereocenters. The lowest BCUT2D eigenvalue weighted by atomic mass is 9.84. The van der Waals surface area contributed by atoms with Gasteiger partial charge in [0.25, 0.3) is 0 Å². The van der Waals surface area contributed by atoms with Crippen LogP contribution in [0.4, 0.5) is 0 Å². The average molecular weight is 219 g/mol. The molecule has 0 aromatic heterocycles. The third-order valence-corrected chi connectivity index (χ3v) is 3.10. The Kier molecular flexibility index (Phi) is 4.55. The lowest BCUT2D eigenvalue weighted by Crippen LogP contribution is -2.12. The lowest BCUT2D eigenvalue weighted by Gasteiger charge is -2.21. The average Bonchev–Trinajstić information content (AvgIpc) is 2.24. The summed E-state index contributed by atoms with van der Waals surface area (Å²) in [4.78, 5) is 0. The van der Waals surface area contributed by atoms with Crippen LogP contribution in [0.1, 0.15) is 50.8 Å². The second-order valence-corrected chi connectivity index (χ2v) is 5.48. The molecule has 1 heteroatoms. The summed E-state index contributed by atoms with van der Waals surface area (Å²) in [5.41, 5.74) is 10.2. The van der Waals surface area contributed by atoms with E-state index in [9.17, 15) is 0 Å². The van der Waals surface area contributed by atoms with Crippen LogP contribution in [0.3, 0.4) is 0 Å². The van der Waals surface area contributed by atoms with Crippen molar-refractivity contribution in [2.24, 2.45) is 5.73 Å². The largest absolute Gasteiger partial charge is 0.330 e.